The fourth-order valence-electron chi connectivity index (χ4n) is 1.70. The number of phenolic OH excluding ortho intramolecular Hbond substituents is 1. The number of esters is 1. The number of alkyl halides is 3. The number of carbonyl (C=O) groups excluding carboxylic acids is 1. The van der Waals surface area contributed by atoms with Crippen LogP contribution in [0.3, 0.4) is 0 Å². The van der Waals surface area contributed by atoms with Crippen molar-refractivity contribution in [2.75, 3.05) is 6.61 Å². The molecule has 0 aliphatic rings. The standard InChI is InChI=1S/C12H10F3NO3/c1-2-19-11(18)9-5-7-8(16-9)3-6(4-10(7)17)12(13,14)15/h3-5,16-17H,2H2,1H3. The highest BCUT2D eigenvalue weighted by Gasteiger charge is 2.32. The van der Waals surface area contributed by atoms with Gasteiger partial charge in [-0.1, -0.05) is 0 Å². The molecule has 0 unspecified atom stereocenters. The Morgan fingerprint density at radius 1 is 1.37 bits per heavy atom. The Balaban J connectivity index is 2.54. The summed E-state index contributed by atoms with van der Waals surface area (Å²) in [5.41, 5.74) is -0.975. The zero-order valence-electron chi connectivity index (χ0n) is 9.84. The van der Waals surface area contributed by atoms with E-state index in [1.165, 1.54) is 6.07 Å². The maximum atomic E-state index is 12.6. The van der Waals surface area contributed by atoms with Gasteiger partial charge in [0.1, 0.15) is 11.4 Å². The molecule has 0 bridgehead atoms. The quantitative estimate of drug-likeness (QED) is 0.826. The van der Waals surface area contributed by atoms with Crippen LogP contribution in [-0.2, 0) is 10.9 Å². The second-order valence-electron chi connectivity index (χ2n) is 3.86. The first-order valence-electron chi connectivity index (χ1n) is 5.43. The van der Waals surface area contributed by atoms with E-state index in [1.54, 1.807) is 6.92 Å². The Morgan fingerprint density at radius 3 is 2.63 bits per heavy atom. The van der Waals surface area contributed by atoms with Crippen LogP contribution < -0.4 is 0 Å². The number of carbonyl (C=O) groups is 1. The molecule has 102 valence electrons. The third kappa shape index (κ3) is 2.49. The second kappa shape index (κ2) is 4.49. The van der Waals surface area contributed by atoms with Crippen molar-refractivity contribution in [2.45, 2.75) is 13.1 Å². The first-order chi connectivity index (χ1) is 8.82. The zero-order valence-corrected chi connectivity index (χ0v) is 9.84. The van der Waals surface area contributed by atoms with E-state index in [0.717, 1.165) is 6.07 Å². The van der Waals surface area contributed by atoms with Gasteiger partial charge in [-0.15, -0.1) is 0 Å². The van der Waals surface area contributed by atoms with Crippen LogP contribution in [0.1, 0.15) is 23.0 Å². The molecule has 2 aromatic rings. The van der Waals surface area contributed by atoms with Gasteiger partial charge in [-0.2, -0.15) is 13.2 Å². The number of fused-ring (bicyclic) bond motifs is 1. The van der Waals surface area contributed by atoms with Crippen molar-refractivity contribution in [2.24, 2.45) is 0 Å². The van der Waals surface area contributed by atoms with Gasteiger partial charge in [-0.05, 0) is 25.1 Å². The number of halogens is 3. The number of hydrogen-bond donors (Lipinski definition) is 2. The minimum atomic E-state index is -4.57. The number of ether oxygens (including phenoxy) is 1. The molecule has 4 nitrogen and oxygen atoms in total. The molecule has 19 heavy (non-hydrogen) atoms. The van der Waals surface area contributed by atoms with Gasteiger partial charge in [0, 0.05) is 5.39 Å². The Kier molecular flexibility index (Phi) is 3.13. The molecule has 2 N–H and O–H groups in total. The summed E-state index contributed by atoms with van der Waals surface area (Å²) in [5, 5.41) is 9.70. The summed E-state index contributed by atoms with van der Waals surface area (Å²) in [6.07, 6.45) is -4.57. The minimum Gasteiger partial charge on any atom is -0.507 e. The number of aromatic hydroxyl groups is 1. The lowest BCUT2D eigenvalue weighted by atomic mass is 10.1. The van der Waals surface area contributed by atoms with Crippen molar-refractivity contribution in [1.82, 2.24) is 4.98 Å². The van der Waals surface area contributed by atoms with Crippen LogP contribution in [0.2, 0.25) is 0 Å². The molecule has 0 atom stereocenters. The number of aromatic amines is 1. The lowest BCUT2D eigenvalue weighted by molar-refractivity contribution is -0.137. The van der Waals surface area contributed by atoms with Crippen LogP contribution in [0, 0.1) is 0 Å². The summed E-state index contributed by atoms with van der Waals surface area (Å²) in [6.45, 7) is 1.76. The van der Waals surface area contributed by atoms with Crippen LogP contribution in [0.15, 0.2) is 18.2 Å². The molecule has 1 aromatic heterocycles. The van der Waals surface area contributed by atoms with Crippen molar-refractivity contribution in [3.05, 3.63) is 29.5 Å². The highest BCUT2D eigenvalue weighted by molar-refractivity contribution is 5.97. The van der Waals surface area contributed by atoms with E-state index in [1.807, 2.05) is 0 Å². The van der Waals surface area contributed by atoms with Crippen LogP contribution in [-0.4, -0.2) is 22.7 Å². The number of rotatable bonds is 2. The molecule has 0 amide bonds. The average Bonchev–Trinajstić information content (AvgIpc) is 2.72. The molecular weight excluding hydrogens is 263 g/mol. The normalized spacial score (nSPS) is 11.8. The maximum absolute atomic E-state index is 12.6. The molecule has 0 spiro atoms. The predicted molar refractivity (Wildman–Crippen MR) is 60.9 cm³/mol. The van der Waals surface area contributed by atoms with Gasteiger partial charge in [-0.3, -0.25) is 0 Å². The number of phenols is 1. The molecule has 0 aliphatic heterocycles. The SMILES string of the molecule is CCOC(=O)c1cc2c(O)cc(C(F)(F)F)cc2[nH]1. The lowest BCUT2D eigenvalue weighted by Crippen LogP contribution is -2.05. The summed E-state index contributed by atoms with van der Waals surface area (Å²) in [7, 11) is 0. The van der Waals surface area contributed by atoms with Gasteiger partial charge < -0.3 is 14.8 Å². The Morgan fingerprint density at radius 2 is 2.05 bits per heavy atom. The number of H-pyrrole nitrogens is 1. The van der Waals surface area contributed by atoms with E-state index in [-0.39, 0.29) is 23.2 Å². The van der Waals surface area contributed by atoms with Gasteiger partial charge in [0.15, 0.2) is 0 Å². The molecule has 2 rings (SSSR count). The smallest absolute Gasteiger partial charge is 0.416 e. The molecule has 1 aromatic carbocycles. The molecule has 0 saturated heterocycles. The van der Waals surface area contributed by atoms with Gasteiger partial charge in [-0.25, -0.2) is 4.79 Å². The van der Waals surface area contributed by atoms with Crippen molar-refractivity contribution >= 4 is 16.9 Å². The molecular formula is C12H10F3NO3. The molecule has 0 saturated carbocycles. The maximum Gasteiger partial charge on any atom is 0.416 e. The van der Waals surface area contributed by atoms with E-state index >= 15 is 0 Å². The highest BCUT2D eigenvalue weighted by atomic mass is 19.4. The monoisotopic (exact) mass is 273 g/mol. The van der Waals surface area contributed by atoms with Crippen molar-refractivity contribution in [1.29, 1.82) is 0 Å². The van der Waals surface area contributed by atoms with Crippen LogP contribution >= 0.6 is 0 Å². The molecule has 7 heteroatoms. The average molecular weight is 273 g/mol. The fraction of sp³-hybridized carbons (Fsp3) is 0.250. The van der Waals surface area contributed by atoms with E-state index in [2.05, 4.69) is 4.98 Å². The van der Waals surface area contributed by atoms with Crippen LogP contribution in [0.5, 0.6) is 5.75 Å². The summed E-state index contributed by atoms with van der Waals surface area (Å²) in [5.74, 6) is -1.23. The van der Waals surface area contributed by atoms with E-state index < -0.39 is 23.5 Å². The molecule has 1 heterocycles. The Bertz CT molecular complexity index is 631. The number of aromatic nitrogens is 1. The predicted octanol–water partition coefficient (Wildman–Crippen LogP) is 3.07. The van der Waals surface area contributed by atoms with Gasteiger partial charge in [0.2, 0.25) is 0 Å². The van der Waals surface area contributed by atoms with Gasteiger partial charge in [0.25, 0.3) is 0 Å². The third-order valence-corrected chi connectivity index (χ3v) is 2.54. The largest absolute Gasteiger partial charge is 0.507 e. The first-order valence-corrected chi connectivity index (χ1v) is 5.43. The summed E-state index contributed by atoms with van der Waals surface area (Å²) >= 11 is 0. The highest BCUT2D eigenvalue weighted by Crippen LogP contribution is 2.36. The van der Waals surface area contributed by atoms with E-state index in [9.17, 15) is 23.1 Å². The summed E-state index contributed by atoms with van der Waals surface area (Å²) in [4.78, 5) is 13.9. The Labute approximate surface area is 105 Å². The molecule has 0 aliphatic carbocycles. The second-order valence-corrected chi connectivity index (χ2v) is 3.86. The van der Waals surface area contributed by atoms with Gasteiger partial charge in [0.05, 0.1) is 17.7 Å². The Hall–Kier alpha value is -2.18. The summed E-state index contributed by atoms with van der Waals surface area (Å²) < 4.78 is 42.4. The third-order valence-electron chi connectivity index (χ3n) is 2.54. The number of hydrogen-bond acceptors (Lipinski definition) is 3. The van der Waals surface area contributed by atoms with Crippen LogP contribution in [0.4, 0.5) is 13.2 Å². The van der Waals surface area contributed by atoms with Crippen molar-refractivity contribution in [3.63, 3.8) is 0 Å². The van der Waals surface area contributed by atoms with Gasteiger partial charge >= 0.3 is 12.1 Å². The number of benzene rings is 1. The van der Waals surface area contributed by atoms with Crippen molar-refractivity contribution < 1.29 is 27.8 Å². The molecule has 0 radical (unpaired) electrons. The first kappa shape index (κ1) is 13.3. The summed E-state index contributed by atoms with van der Waals surface area (Å²) in [6, 6.07) is 2.70. The minimum absolute atomic E-state index is 0.00789. The van der Waals surface area contributed by atoms with E-state index in [0.29, 0.717) is 6.07 Å². The lowest BCUT2D eigenvalue weighted by Gasteiger charge is -2.07. The van der Waals surface area contributed by atoms with Crippen LogP contribution in [0.25, 0.3) is 10.9 Å². The van der Waals surface area contributed by atoms with Crippen molar-refractivity contribution in [3.8, 4) is 5.75 Å². The molecule has 0 fully saturated rings. The zero-order chi connectivity index (χ0) is 14.2. The fourth-order valence-corrected chi connectivity index (χ4v) is 1.70. The van der Waals surface area contributed by atoms with E-state index in [4.69, 9.17) is 4.74 Å². The topological polar surface area (TPSA) is 62.3 Å². The number of nitrogens with one attached hydrogen (secondary N) is 1.